The highest BCUT2D eigenvalue weighted by Crippen LogP contribution is 2.37. The lowest BCUT2D eigenvalue weighted by atomic mass is 10.1. The van der Waals surface area contributed by atoms with Crippen LogP contribution in [0.3, 0.4) is 0 Å². The lowest BCUT2D eigenvalue weighted by molar-refractivity contribution is -0.137. The number of hydrogen-bond acceptors (Lipinski definition) is 0. The smallest absolute Gasteiger partial charge is 0.166 e. The molecule has 0 nitrogen and oxygen atoms in total. The molecule has 0 spiro atoms. The van der Waals surface area contributed by atoms with Crippen molar-refractivity contribution in [3.05, 3.63) is 32.8 Å². The maximum Gasteiger partial charge on any atom is 0.417 e. The van der Waals surface area contributed by atoms with Gasteiger partial charge in [0.15, 0.2) is 0 Å². The van der Waals surface area contributed by atoms with E-state index in [-0.39, 0.29) is 5.02 Å². The predicted octanol–water partition coefficient (Wildman–Crippen LogP) is 4.43. The van der Waals surface area contributed by atoms with Crippen LogP contribution < -0.4 is 0 Å². The predicted molar refractivity (Wildman–Crippen MR) is 48.9 cm³/mol. The fourth-order valence-electron chi connectivity index (χ4n) is 0.932. The third-order valence-electron chi connectivity index (χ3n) is 1.52. The summed E-state index contributed by atoms with van der Waals surface area (Å²) in [5.74, 6) is 0. The summed E-state index contributed by atoms with van der Waals surface area (Å²) < 4.78 is 37.3. The fourth-order valence-corrected chi connectivity index (χ4v) is 1.72. The average Bonchev–Trinajstić information content (AvgIpc) is 1.94. The Kier molecular flexibility index (Phi) is 2.92. The van der Waals surface area contributed by atoms with Crippen molar-refractivity contribution >= 4 is 27.5 Å². The normalized spacial score (nSPS) is 11.8. The Morgan fingerprint density at radius 3 is 2.31 bits per heavy atom. The van der Waals surface area contributed by atoms with Crippen molar-refractivity contribution in [3.63, 3.8) is 0 Å². The highest BCUT2D eigenvalue weighted by molar-refractivity contribution is 9.10. The second-order valence-electron chi connectivity index (χ2n) is 2.58. The number of aryl methyl sites for hydroxylation is 1. The van der Waals surface area contributed by atoms with Crippen molar-refractivity contribution in [2.45, 2.75) is 13.1 Å². The van der Waals surface area contributed by atoms with Gasteiger partial charge in [-0.1, -0.05) is 27.5 Å². The van der Waals surface area contributed by atoms with Crippen molar-refractivity contribution in [1.29, 1.82) is 0 Å². The van der Waals surface area contributed by atoms with Gasteiger partial charge in [0, 0.05) is 4.47 Å². The van der Waals surface area contributed by atoms with Crippen molar-refractivity contribution in [1.82, 2.24) is 0 Å². The van der Waals surface area contributed by atoms with Crippen LogP contribution in [0, 0.1) is 6.92 Å². The molecular weight excluding hydrogens is 268 g/mol. The number of alkyl halides is 3. The molecule has 5 heteroatoms. The lowest BCUT2D eigenvalue weighted by Gasteiger charge is -2.10. The first-order chi connectivity index (χ1) is 5.82. The van der Waals surface area contributed by atoms with E-state index in [9.17, 15) is 13.2 Å². The Labute approximate surface area is 86.8 Å². The molecule has 0 amide bonds. The minimum Gasteiger partial charge on any atom is -0.166 e. The second kappa shape index (κ2) is 3.50. The summed E-state index contributed by atoms with van der Waals surface area (Å²) in [7, 11) is 0. The molecule has 0 fully saturated rings. The van der Waals surface area contributed by atoms with Crippen LogP contribution in [0.2, 0.25) is 5.02 Å². The number of hydrogen-bond donors (Lipinski definition) is 0. The summed E-state index contributed by atoms with van der Waals surface area (Å²) in [6, 6.07) is 2.51. The first kappa shape index (κ1) is 10.9. The van der Waals surface area contributed by atoms with Crippen LogP contribution in [-0.4, -0.2) is 0 Å². The average molecular weight is 273 g/mol. The quantitative estimate of drug-likeness (QED) is 0.656. The Hall–Kier alpha value is -0.220. The van der Waals surface area contributed by atoms with E-state index in [1.54, 1.807) is 0 Å². The Morgan fingerprint density at radius 1 is 1.31 bits per heavy atom. The van der Waals surface area contributed by atoms with Gasteiger partial charge < -0.3 is 0 Å². The van der Waals surface area contributed by atoms with Gasteiger partial charge in [-0.3, -0.25) is 0 Å². The molecule has 0 aliphatic heterocycles. The second-order valence-corrected chi connectivity index (χ2v) is 3.88. The summed E-state index contributed by atoms with van der Waals surface area (Å²) in [6.45, 7) is 1.53. The molecule has 0 radical (unpaired) electrons. The fraction of sp³-hybridized carbons (Fsp3) is 0.250. The number of rotatable bonds is 0. The van der Waals surface area contributed by atoms with E-state index in [2.05, 4.69) is 15.9 Å². The third-order valence-corrected chi connectivity index (χ3v) is 2.48. The van der Waals surface area contributed by atoms with Gasteiger partial charge >= 0.3 is 6.18 Å². The van der Waals surface area contributed by atoms with Gasteiger partial charge in [-0.25, -0.2) is 0 Å². The molecule has 0 saturated heterocycles. The van der Waals surface area contributed by atoms with Crippen LogP contribution in [0.25, 0.3) is 0 Å². The standard InChI is InChI=1S/C8H5BrClF3/c1-4-2-5(9)3-6(7(4)10)8(11,12)13/h2-3H,1H3. The van der Waals surface area contributed by atoms with E-state index in [1.165, 1.54) is 13.0 Å². The lowest BCUT2D eigenvalue weighted by Crippen LogP contribution is -2.06. The molecule has 0 aliphatic rings. The van der Waals surface area contributed by atoms with Gasteiger partial charge in [-0.15, -0.1) is 0 Å². The highest BCUT2D eigenvalue weighted by atomic mass is 79.9. The number of halogens is 5. The van der Waals surface area contributed by atoms with Crippen LogP contribution >= 0.6 is 27.5 Å². The molecule has 0 bridgehead atoms. The maximum absolute atomic E-state index is 12.3. The molecule has 1 aromatic rings. The monoisotopic (exact) mass is 272 g/mol. The summed E-state index contributed by atoms with van der Waals surface area (Å²) in [6.07, 6.45) is -4.40. The van der Waals surface area contributed by atoms with Crippen LogP contribution in [-0.2, 0) is 6.18 Å². The molecule has 0 heterocycles. The van der Waals surface area contributed by atoms with E-state index >= 15 is 0 Å². The van der Waals surface area contributed by atoms with Crippen molar-refractivity contribution < 1.29 is 13.2 Å². The SMILES string of the molecule is Cc1cc(Br)cc(C(F)(F)F)c1Cl. The highest BCUT2D eigenvalue weighted by Gasteiger charge is 2.33. The van der Waals surface area contributed by atoms with E-state index in [1.807, 2.05) is 0 Å². The summed E-state index contributed by atoms with van der Waals surface area (Å²) in [5.41, 5.74) is -0.399. The summed E-state index contributed by atoms with van der Waals surface area (Å²) >= 11 is 8.49. The van der Waals surface area contributed by atoms with Crippen molar-refractivity contribution in [2.75, 3.05) is 0 Å². The van der Waals surface area contributed by atoms with Gasteiger partial charge in [0.1, 0.15) is 0 Å². The first-order valence-electron chi connectivity index (χ1n) is 3.35. The zero-order valence-corrected chi connectivity index (χ0v) is 8.89. The van der Waals surface area contributed by atoms with Crippen molar-refractivity contribution in [2.24, 2.45) is 0 Å². The van der Waals surface area contributed by atoms with Gasteiger partial charge in [0.25, 0.3) is 0 Å². The van der Waals surface area contributed by atoms with Gasteiger partial charge in [0.2, 0.25) is 0 Å². The molecule has 1 rings (SSSR count). The van der Waals surface area contributed by atoms with E-state index < -0.39 is 11.7 Å². The zero-order chi connectivity index (χ0) is 10.2. The molecule has 1 aromatic carbocycles. The molecule has 0 aromatic heterocycles. The maximum atomic E-state index is 12.3. The van der Waals surface area contributed by atoms with E-state index in [4.69, 9.17) is 11.6 Å². The molecule has 72 valence electrons. The largest absolute Gasteiger partial charge is 0.417 e. The summed E-state index contributed by atoms with van der Waals surface area (Å²) in [5, 5.41) is -0.240. The first-order valence-corrected chi connectivity index (χ1v) is 4.52. The molecule has 0 N–H and O–H groups in total. The van der Waals surface area contributed by atoms with Gasteiger partial charge in [-0.05, 0) is 24.6 Å². The van der Waals surface area contributed by atoms with Gasteiger partial charge in [0.05, 0.1) is 10.6 Å². The van der Waals surface area contributed by atoms with E-state index in [0.717, 1.165) is 6.07 Å². The Morgan fingerprint density at radius 2 is 1.85 bits per heavy atom. The van der Waals surface area contributed by atoms with Crippen LogP contribution in [0.15, 0.2) is 16.6 Å². The Balaban J connectivity index is 3.37. The minimum absolute atomic E-state index is 0.240. The van der Waals surface area contributed by atoms with Crippen LogP contribution in [0.5, 0.6) is 0 Å². The summed E-state index contributed by atoms with van der Waals surface area (Å²) in [4.78, 5) is 0. The molecule has 0 unspecified atom stereocenters. The zero-order valence-electron chi connectivity index (χ0n) is 6.54. The molecule has 0 atom stereocenters. The van der Waals surface area contributed by atoms with Crippen molar-refractivity contribution in [3.8, 4) is 0 Å². The van der Waals surface area contributed by atoms with Crippen LogP contribution in [0.4, 0.5) is 13.2 Å². The molecule has 0 saturated carbocycles. The third kappa shape index (κ3) is 2.38. The number of benzene rings is 1. The molecule has 0 aliphatic carbocycles. The topological polar surface area (TPSA) is 0 Å². The Bertz CT molecular complexity index is 333. The van der Waals surface area contributed by atoms with Crippen LogP contribution in [0.1, 0.15) is 11.1 Å². The minimum atomic E-state index is -4.40. The molecular formula is C8H5BrClF3. The van der Waals surface area contributed by atoms with E-state index in [0.29, 0.717) is 10.0 Å². The molecule has 13 heavy (non-hydrogen) atoms. The van der Waals surface area contributed by atoms with Gasteiger partial charge in [-0.2, -0.15) is 13.2 Å².